The topological polar surface area (TPSA) is 213 Å². The van der Waals surface area contributed by atoms with Gasteiger partial charge in [-0.1, -0.05) is 86.3 Å². The molecule has 3 amide bonds. The molecule has 3 unspecified atom stereocenters. The van der Waals surface area contributed by atoms with Crippen molar-refractivity contribution in [2.24, 2.45) is 0 Å². The minimum Gasteiger partial charge on any atom is -0.497 e. The summed E-state index contributed by atoms with van der Waals surface area (Å²) < 4.78 is 35.9. The fourth-order valence-corrected chi connectivity index (χ4v) is 13.7. The number of benzene rings is 6. The summed E-state index contributed by atoms with van der Waals surface area (Å²) in [4.78, 5) is 49.4. The molecule has 18 heteroatoms. The van der Waals surface area contributed by atoms with Crippen molar-refractivity contribution in [2.45, 2.75) is 150 Å². The van der Waals surface area contributed by atoms with E-state index >= 15 is 0 Å². The number of para-hydroxylation sites is 2. The van der Waals surface area contributed by atoms with Gasteiger partial charge in [0.05, 0.1) is 94.5 Å². The number of aliphatic hydroxyl groups excluding tert-OH is 3. The van der Waals surface area contributed by atoms with Crippen LogP contribution in [0.2, 0.25) is 0 Å². The van der Waals surface area contributed by atoms with E-state index in [1.165, 1.54) is 0 Å². The molecule has 0 radical (unpaired) electrons. The third kappa shape index (κ3) is 13.2. The number of fused-ring (bicyclic) bond motifs is 3. The molecular formula is C69H80N6O12. The number of aliphatic hydroxyl groups is 3. The van der Waals surface area contributed by atoms with Crippen LogP contribution in [0.4, 0.5) is 17.1 Å². The maximum absolute atomic E-state index is 14.8. The molecule has 11 atom stereocenters. The molecule has 458 valence electrons. The lowest BCUT2D eigenvalue weighted by atomic mass is 9.78. The zero-order chi connectivity index (χ0) is 60.1. The van der Waals surface area contributed by atoms with Crippen molar-refractivity contribution in [3.8, 4) is 34.5 Å². The maximum Gasteiger partial charge on any atom is 0.263 e. The SMILES string of the molecule is COc1ccc(CN2CC(C(=O)N[C@H]3CCCC[C@@H]3O)Oc3cc(C4CCC[C@H](NC(=O)[C@H]5CN(Cc6ccc(OC)cc6)c6ccc(C7CCC[C@H](NC(=O)[C@@H]8CN(Cc9ccc(OC)cc9)c9ccccc9O8)[C@H]7O)cc6O5)[C@H]4O)ccc32)cc1. The number of methoxy groups -OCH3 is 3. The Balaban J connectivity index is 0.743. The smallest absolute Gasteiger partial charge is 0.263 e. The fourth-order valence-electron chi connectivity index (χ4n) is 13.7. The van der Waals surface area contributed by atoms with Gasteiger partial charge in [-0.05, 0) is 139 Å². The molecule has 3 aliphatic heterocycles. The Bertz CT molecular complexity index is 3370. The molecule has 0 spiro atoms. The predicted molar refractivity (Wildman–Crippen MR) is 330 cm³/mol. The van der Waals surface area contributed by atoms with Crippen LogP contribution in [0.25, 0.3) is 0 Å². The van der Waals surface area contributed by atoms with Crippen molar-refractivity contribution in [1.29, 1.82) is 0 Å². The summed E-state index contributed by atoms with van der Waals surface area (Å²) in [6.07, 6.45) is 2.06. The summed E-state index contributed by atoms with van der Waals surface area (Å²) in [6.45, 7) is 2.37. The second-order valence-corrected chi connectivity index (χ2v) is 24.2. The summed E-state index contributed by atoms with van der Waals surface area (Å²) >= 11 is 0. The standard InChI is InChI=1S/C69H80N6O12/c1-82-47-26-18-42(19-27-47)36-73-39-62(85-59-17-7-5-15-55(59)73)68(80)71-53-13-8-10-50(65(53)77)46-25-33-57-61(35-46)87-64(41-75(57)38-44-22-30-49(84-3)31-23-44)69(81)72-54-14-9-11-51(66(54)78)45-24-32-56-60(34-45)86-63(67(79)70-52-12-4-6-16-58(52)76)40-74(56)37-43-20-28-48(83-2)29-21-43/h5,7,15,17-35,50-54,58,62-66,76-78H,4,6,8-14,16,36-41H2,1-3H3,(H,70,79)(H,71,80)(H,72,81)/t50?,51?,52-,53-,54-,58-,62-,63?,64+,65-,66-/m0/s1. The highest BCUT2D eigenvalue weighted by Gasteiger charge is 2.42. The lowest BCUT2D eigenvalue weighted by molar-refractivity contribution is -0.130. The summed E-state index contributed by atoms with van der Waals surface area (Å²) in [5, 5.41) is 44.8. The van der Waals surface area contributed by atoms with Gasteiger partial charge in [0.1, 0.15) is 34.5 Å². The Morgan fingerprint density at radius 3 is 1.22 bits per heavy atom. The van der Waals surface area contributed by atoms with Gasteiger partial charge < -0.3 is 74.4 Å². The summed E-state index contributed by atoms with van der Waals surface area (Å²) in [7, 11) is 4.90. The summed E-state index contributed by atoms with van der Waals surface area (Å²) in [6, 6.07) is 41.7. The Morgan fingerprint density at radius 2 is 0.805 bits per heavy atom. The van der Waals surface area contributed by atoms with E-state index < -0.39 is 48.7 Å². The van der Waals surface area contributed by atoms with Crippen molar-refractivity contribution in [3.63, 3.8) is 0 Å². The second-order valence-electron chi connectivity index (χ2n) is 24.2. The molecule has 12 rings (SSSR count). The zero-order valence-corrected chi connectivity index (χ0v) is 49.7. The average Bonchev–Trinajstić information content (AvgIpc) is 3.57. The predicted octanol–water partition coefficient (Wildman–Crippen LogP) is 8.06. The van der Waals surface area contributed by atoms with Gasteiger partial charge in [-0.3, -0.25) is 14.4 Å². The van der Waals surface area contributed by atoms with Crippen LogP contribution in [-0.2, 0) is 34.0 Å². The number of carbonyl (C=O) groups excluding carboxylic acids is 3. The first-order chi connectivity index (χ1) is 42.4. The van der Waals surface area contributed by atoms with Crippen molar-refractivity contribution >= 4 is 34.8 Å². The molecule has 0 saturated heterocycles. The van der Waals surface area contributed by atoms with Crippen LogP contribution in [0.1, 0.15) is 104 Å². The fraction of sp³-hybridized carbons (Fsp3) is 0.435. The molecule has 0 bridgehead atoms. The lowest BCUT2D eigenvalue weighted by Crippen LogP contribution is -2.55. The van der Waals surface area contributed by atoms with E-state index in [-0.39, 0.29) is 42.1 Å². The number of hydrogen-bond acceptors (Lipinski definition) is 15. The molecule has 3 heterocycles. The van der Waals surface area contributed by atoms with Crippen LogP contribution in [-0.4, -0.2) is 129 Å². The maximum atomic E-state index is 14.8. The monoisotopic (exact) mass is 1180 g/mol. The van der Waals surface area contributed by atoms with E-state index in [0.29, 0.717) is 88.5 Å². The first-order valence-corrected chi connectivity index (χ1v) is 30.8. The Labute approximate surface area is 508 Å². The molecule has 6 aromatic rings. The molecule has 0 aromatic heterocycles. The lowest BCUT2D eigenvalue weighted by Gasteiger charge is -2.40. The van der Waals surface area contributed by atoms with Gasteiger partial charge in [0, 0.05) is 31.5 Å². The average molecular weight is 1190 g/mol. The second kappa shape index (κ2) is 26.4. The minimum atomic E-state index is -0.960. The van der Waals surface area contributed by atoms with Gasteiger partial charge in [0.25, 0.3) is 17.7 Å². The van der Waals surface area contributed by atoms with Crippen molar-refractivity contribution < 1.29 is 58.1 Å². The molecule has 3 fully saturated rings. The normalized spacial score (nSPS) is 25.8. The van der Waals surface area contributed by atoms with E-state index in [4.69, 9.17) is 28.4 Å². The quantitative estimate of drug-likeness (QED) is 0.0510. The Morgan fingerprint density at radius 1 is 0.437 bits per heavy atom. The van der Waals surface area contributed by atoms with E-state index in [1.807, 2.05) is 133 Å². The van der Waals surface area contributed by atoms with Crippen LogP contribution >= 0.6 is 0 Å². The van der Waals surface area contributed by atoms with E-state index in [2.05, 4.69) is 30.7 Å². The highest BCUT2D eigenvalue weighted by molar-refractivity contribution is 5.85. The molecular weight excluding hydrogens is 1100 g/mol. The van der Waals surface area contributed by atoms with Crippen LogP contribution in [0.15, 0.2) is 133 Å². The summed E-state index contributed by atoms with van der Waals surface area (Å²) in [5.41, 5.74) is 7.26. The molecule has 3 aliphatic carbocycles. The van der Waals surface area contributed by atoms with Crippen LogP contribution < -0.4 is 59.1 Å². The number of anilines is 3. The number of nitrogens with zero attached hydrogens (tertiary/aromatic N) is 3. The van der Waals surface area contributed by atoms with Gasteiger partial charge in [0.15, 0.2) is 18.3 Å². The van der Waals surface area contributed by atoms with Crippen LogP contribution in [0.5, 0.6) is 34.5 Å². The van der Waals surface area contributed by atoms with Gasteiger partial charge in [-0.25, -0.2) is 0 Å². The van der Waals surface area contributed by atoms with Gasteiger partial charge in [-0.15, -0.1) is 0 Å². The number of ether oxygens (including phenoxy) is 6. The first kappa shape index (κ1) is 59.2. The van der Waals surface area contributed by atoms with E-state index in [0.717, 1.165) is 87.8 Å². The van der Waals surface area contributed by atoms with Crippen molar-refractivity contribution in [2.75, 3.05) is 55.7 Å². The largest absolute Gasteiger partial charge is 0.497 e. The molecule has 18 nitrogen and oxygen atoms in total. The third-order valence-corrected chi connectivity index (χ3v) is 18.6. The molecule has 6 aromatic carbocycles. The van der Waals surface area contributed by atoms with Crippen molar-refractivity contribution in [3.05, 3.63) is 161 Å². The number of carbonyl (C=O) groups is 3. The van der Waals surface area contributed by atoms with Crippen LogP contribution in [0.3, 0.4) is 0 Å². The number of hydrogen-bond donors (Lipinski definition) is 6. The molecule has 87 heavy (non-hydrogen) atoms. The number of amides is 3. The van der Waals surface area contributed by atoms with Crippen molar-refractivity contribution in [1.82, 2.24) is 16.0 Å². The summed E-state index contributed by atoms with van der Waals surface area (Å²) in [5.74, 6) is 2.24. The van der Waals surface area contributed by atoms with E-state index in [9.17, 15) is 29.7 Å². The third-order valence-electron chi connectivity index (χ3n) is 18.6. The minimum absolute atomic E-state index is 0.228. The molecule has 6 N–H and O–H groups in total. The van der Waals surface area contributed by atoms with Gasteiger partial charge >= 0.3 is 0 Å². The van der Waals surface area contributed by atoms with Gasteiger partial charge in [0.2, 0.25) is 0 Å². The Hall–Kier alpha value is -8.19. The Kier molecular flexibility index (Phi) is 18.0. The first-order valence-electron chi connectivity index (χ1n) is 30.8. The molecule has 3 saturated carbocycles. The van der Waals surface area contributed by atoms with Crippen LogP contribution in [0, 0.1) is 0 Å². The number of rotatable bonds is 17. The highest BCUT2D eigenvalue weighted by atomic mass is 16.5. The van der Waals surface area contributed by atoms with Gasteiger partial charge in [-0.2, -0.15) is 0 Å². The highest BCUT2D eigenvalue weighted by Crippen LogP contribution is 2.44. The van der Waals surface area contributed by atoms with E-state index in [1.54, 1.807) is 21.3 Å². The molecule has 6 aliphatic rings. The zero-order valence-electron chi connectivity index (χ0n) is 49.7. The number of nitrogens with one attached hydrogen (secondary N) is 3.